The topological polar surface area (TPSA) is 587 Å². The number of aliphatic imine (C=N–C) groups is 1. The highest BCUT2D eigenvalue weighted by molar-refractivity contribution is 5.98. The number of carboxylic acid groups (broad SMARTS) is 1. The molecule has 2 rings (SSSR count). The van der Waals surface area contributed by atoms with E-state index >= 15 is 0 Å². The SMILES string of the molecule is CC[C@H](C)[C@H](NC(=O)CNC(=O)[C@H](Cc1ccccc1)NC(=O)CNC(=O)CNC(=O)[C@@H](N)CO)C(=O)N[C@@H](CO)C(=O)NCC(=O)N[C@@H](CC(C)C)C(=O)NCC(=O)N[C@@H](CO)C(=O)N[C@@H](CCCN=C(N)N)C(=O)N[C@@H](Cc1ccccc1)C(=O)N[C@@H](CO)C(=O)O. The molecule has 0 saturated carbocycles. The van der Waals surface area contributed by atoms with Crippen molar-refractivity contribution >= 4 is 88.7 Å². The number of hydrogen-bond acceptors (Lipinski definition) is 20. The highest BCUT2D eigenvalue weighted by Crippen LogP contribution is 2.11. The number of aliphatic hydroxyl groups excluding tert-OH is 4. The van der Waals surface area contributed by atoms with Crippen LogP contribution in [0.15, 0.2) is 65.7 Å². The molecule has 0 aliphatic rings. The van der Waals surface area contributed by atoms with E-state index in [1.165, 1.54) is 0 Å². The number of guanidine groups is 1. The minimum Gasteiger partial charge on any atom is -0.480 e. The maximum atomic E-state index is 13.8. The third-order valence-corrected chi connectivity index (χ3v) is 13.7. The summed E-state index contributed by atoms with van der Waals surface area (Å²) in [5, 5.41) is 78.7. The van der Waals surface area contributed by atoms with E-state index in [0.717, 1.165) is 0 Å². The van der Waals surface area contributed by atoms with Gasteiger partial charge in [-0.3, -0.25) is 67.3 Å². The molecule has 520 valence electrons. The predicted molar refractivity (Wildman–Crippen MR) is 334 cm³/mol. The number of benzene rings is 2. The summed E-state index contributed by atoms with van der Waals surface area (Å²) < 4.78 is 0. The van der Waals surface area contributed by atoms with Crippen molar-refractivity contribution in [3.63, 3.8) is 0 Å². The number of carbonyl (C=O) groups excluding carboxylic acids is 13. The van der Waals surface area contributed by atoms with Gasteiger partial charge in [0.1, 0.15) is 54.4 Å². The van der Waals surface area contributed by atoms with Gasteiger partial charge in [-0.1, -0.05) is 94.8 Å². The molecule has 36 nitrogen and oxygen atoms in total. The fourth-order valence-electron chi connectivity index (χ4n) is 8.40. The first-order valence-corrected chi connectivity index (χ1v) is 29.9. The Bertz CT molecular complexity index is 2900. The van der Waals surface area contributed by atoms with Crippen molar-refractivity contribution in [1.29, 1.82) is 0 Å². The number of amides is 13. The molecule has 36 heteroatoms. The molecule has 0 aliphatic carbocycles. The molecule has 0 aliphatic heterocycles. The van der Waals surface area contributed by atoms with E-state index in [9.17, 15) is 87.5 Å². The molecular weight excluding hydrogens is 1240 g/mol. The van der Waals surface area contributed by atoms with Gasteiger partial charge in [-0.05, 0) is 42.2 Å². The van der Waals surface area contributed by atoms with Gasteiger partial charge in [0, 0.05) is 19.4 Å². The first-order valence-electron chi connectivity index (χ1n) is 29.9. The van der Waals surface area contributed by atoms with Gasteiger partial charge < -0.3 is 112 Å². The van der Waals surface area contributed by atoms with Crippen molar-refractivity contribution in [3.8, 4) is 0 Å². The number of hydrogen-bond donors (Lipinski definition) is 21. The molecule has 0 heterocycles. The van der Waals surface area contributed by atoms with Crippen molar-refractivity contribution in [2.75, 3.05) is 65.7 Å². The predicted octanol–water partition coefficient (Wildman–Crippen LogP) is -9.54. The average molecular weight is 1330 g/mol. The Morgan fingerprint density at radius 3 is 1.30 bits per heavy atom. The van der Waals surface area contributed by atoms with Gasteiger partial charge >= 0.3 is 5.97 Å². The van der Waals surface area contributed by atoms with Crippen molar-refractivity contribution in [2.24, 2.45) is 34.0 Å². The lowest BCUT2D eigenvalue weighted by Crippen LogP contribution is -2.59. The number of aliphatic hydroxyl groups is 4. The van der Waals surface area contributed by atoms with Crippen LogP contribution >= 0.6 is 0 Å². The summed E-state index contributed by atoms with van der Waals surface area (Å²) >= 11 is 0. The summed E-state index contributed by atoms with van der Waals surface area (Å²) in [5.41, 5.74) is 17.4. The number of nitrogens with one attached hydrogen (secondary N) is 13. The normalized spacial score (nSPS) is 14.0. The first-order chi connectivity index (χ1) is 44.5. The molecule has 2 aromatic rings. The number of carboxylic acids is 1. The van der Waals surface area contributed by atoms with Gasteiger partial charge in [0.15, 0.2) is 5.96 Å². The van der Waals surface area contributed by atoms with Crippen LogP contribution in [0.25, 0.3) is 0 Å². The molecule has 94 heavy (non-hydrogen) atoms. The lowest BCUT2D eigenvalue weighted by atomic mass is 9.98. The van der Waals surface area contributed by atoms with Crippen LogP contribution in [0.1, 0.15) is 64.5 Å². The largest absolute Gasteiger partial charge is 0.480 e. The summed E-state index contributed by atoms with van der Waals surface area (Å²) in [6, 6.07) is 3.29. The van der Waals surface area contributed by atoms with Gasteiger partial charge in [0.05, 0.1) is 59.2 Å². The number of aliphatic carboxylic acids is 1. The minimum absolute atomic E-state index is 0.0148. The Morgan fingerprint density at radius 1 is 0.436 bits per heavy atom. The molecule has 0 spiro atoms. The Labute approximate surface area is 541 Å². The molecule has 0 unspecified atom stereocenters. The molecule has 0 fully saturated rings. The number of carbonyl (C=O) groups is 14. The quantitative estimate of drug-likeness (QED) is 0.0167. The fourth-order valence-corrected chi connectivity index (χ4v) is 8.40. The summed E-state index contributed by atoms with van der Waals surface area (Å²) in [5.74, 6) is -14.8. The van der Waals surface area contributed by atoms with E-state index in [2.05, 4.69) is 74.1 Å². The molecule has 24 N–H and O–H groups in total. The lowest BCUT2D eigenvalue weighted by molar-refractivity contribution is -0.143. The third kappa shape index (κ3) is 30.9. The molecular formula is C58H89N17O19. The monoisotopic (exact) mass is 1330 g/mol. The second kappa shape index (κ2) is 43.0. The molecule has 0 bridgehead atoms. The van der Waals surface area contributed by atoms with Gasteiger partial charge in [0.25, 0.3) is 0 Å². The molecule has 10 atom stereocenters. The van der Waals surface area contributed by atoms with Crippen molar-refractivity contribution in [2.45, 2.75) is 121 Å². The zero-order valence-electron chi connectivity index (χ0n) is 52.6. The van der Waals surface area contributed by atoms with Crippen LogP contribution < -0.4 is 86.3 Å². The molecule has 2 aromatic carbocycles. The van der Waals surface area contributed by atoms with Crippen molar-refractivity contribution < 1.29 is 92.7 Å². The number of nitrogens with zero attached hydrogens (tertiary/aromatic N) is 1. The zero-order valence-corrected chi connectivity index (χ0v) is 52.6. The highest BCUT2D eigenvalue weighted by atomic mass is 16.4. The molecule has 0 aromatic heterocycles. The fraction of sp³-hybridized carbons (Fsp3) is 0.534. The van der Waals surface area contributed by atoms with Crippen LogP contribution in [0.2, 0.25) is 0 Å². The standard InChI is InChI=1S/C58H89N17O19/c1-5-32(4)48(75-47(84)26-66-51(87)38(20-33-13-8-6-9-14-33)69-44(81)23-63-43(80)22-64-49(85)35(59)27-76)56(92)73-40(28-77)52(88)67-24-45(82)68-37(19-31(2)3)50(86)65-25-46(83)70-41(29-78)55(91)71-36(17-12-18-62-58(60)61)53(89)72-39(21-34-15-10-7-11-16-34)54(90)74-42(30-79)57(93)94/h6-11,13-16,31-32,35-42,48,76-79H,5,12,17-30,59H2,1-4H3,(H,63,80)(H,64,85)(H,65,86)(H,66,87)(H,67,88)(H,68,82)(H,69,81)(H,70,83)(H,71,91)(H,72,89)(H,73,92)(H,74,90)(H,75,84)(H,93,94)(H4,60,61,62)/t32-,35-,36-,37-,38-,39-,40-,41-,42-,48-/m0/s1. The highest BCUT2D eigenvalue weighted by Gasteiger charge is 2.34. The van der Waals surface area contributed by atoms with E-state index in [-0.39, 0.29) is 50.5 Å². The molecule has 13 amide bonds. The van der Waals surface area contributed by atoms with Gasteiger partial charge in [0.2, 0.25) is 76.8 Å². The van der Waals surface area contributed by atoms with Crippen LogP contribution in [0.5, 0.6) is 0 Å². The second-order valence-corrected chi connectivity index (χ2v) is 21.8. The molecule has 0 radical (unpaired) electrons. The molecule has 0 saturated heterocycles. The Balaban J connectivity index is 2.08. The number of rotatable bonds is 43. The van der Waals surface area contributed by atoms with Gasteiger partial charge in [-0.2, -0.15) is 0 Å². The third-order valence-electron chi connectivity index (χ3n) is 13.7. The van der Waals surface area contributed by atoms with Gasteiger partial charge in [-0.15, -0.1) is 0 Å². The average Bonchev–Trinajstić information content (AvgIpc) is 1.00. The van der Waals surface area contributed by atoms with E-state index in [0.29, 0.717) is 17.5 Å². The minimum atomic E-state index is -1.75. The lowest BCUT2D eigenvalue weighted by Gasteiger charge is -2.26. The van der Waals surface area contributed by atoms with Crippen molar-refractivity contribution in [3.05, 3.63) is 71.8 Å². The summed E-state index contributed by atoms with van der Waals surface area (Å²) in [6.07, 6.45) is -0.0751. The maximum absolute atomic E-state index is 13.8. The Hall–Kier alpha value is -9.91. The summed E-state index contributed by atoms with van der Waals surface area (Å²) in [4.78, 5) is 187. The maximum Gasteiger partial charge on any atom is 0.328 e. The second-order valence-electron chi connectivity index (χ2n) is 21.8. The number of nitrogens with two attached hydrogens (primary N) is 3. The van der Waals surface area contributed by atoms with Crippen LogP contribution in [-0.2, 0) is 80.0 Å². The first kappa shape index (κ1) is 80.2. The van der Waals surface area contributed by atoms with Crippen LogP contribution in [-0.4, -0.2) is 234 Å². The van der Waals surface area contributed by atoms with E-state index in [4.69, 9.17) is 22.3 Å². The van der Waals surface area contributed by atoms with Crippen molar-refractivity contribution in [1.82, 2.24) is 69.1 Å². The van der Waals surface area contributed by atoms with E-state index in [1.807, 2.05) is 0 Å². The Morgan fingerprint density at radius 2 is 0.819 bits per heavy atom. The Kier molecular flexibility index (Phi) is 36.7. The van der Waals surface area contributed by atoms with Gasteiger partial charge in [-0.25, -0.2) is 4.79 Å². The van der Waals surface area contributed by atoms with E-state index < -0.39 is 202 Å². The van der Waals surface area contributed by atoms with E-state index in [1.54, 1.807) is 88.4 Å². The summed E-state index contributed by atoms with van der Waals surface area (Å²) in [6.45, 7) is -0.568. The summed E-state index contributed by atoms with van der Waals surface area (Å²) in [7, 11) is 0. The van der Waals surface area contributed by atoms with Crippen LogP contribution in [0.3, 0.4) is 0 Å². The van der Waals surface area contributed by atoms with Crippen LogP contribution in [0, 0.1) is 11.8 Å². The smallest absolute Gasteiger partial charge is 0.328 e. The van der Waals surface area contributed by atoms with Crippen LogP contribution in [0.4, 0.5) is 0 Å². The zero-order chi connectivity index (χ0) is 70.5.